The molecule has 0 radical (unpaired) electrons. The molecule has 0 saturated carbocycles. The van der Waals surface area contributed by atoms with Crippen LogP contribution in [-0.4, -0.2) is 19.4 Å². The first-order valence-corrected chi connectivity index (χ1v) is 11.7. The zero-order chi connectivity index (χ0) is 22.5. The fourth-order valence-corrected chi connectivity index (χ4v) is 7.54. The number of hydrogen-bond donors (Lipinski definition) is 0. The Hall–Kier alpha value is -1.20. The van der Waals surface area contributed by atoms with E-state index in [0.717, 1.165) is 12.1 Å². The summed E-state index contributed by atoms with van der Waals surface area (Å²) in [7, 11) is -11.4. The van der Waals surface area contributed by atoms with Gasteiger partial charge in [-0.1, -0.05) is 46.2 Å². The van der Waals surface area contributed by atoms with E-state index in [1.807, 2.05) is 0 Å². The Kier molecular flexibility index (Phi) is 6.22. The molecule has 0 saturated heterocycles. The lowest BCUT2D eigenvalue weighted by molar-refractivity contribution is -0.0546. The maximum atomic E-state index is 14.4. The summed E-state index contributed by atoms with van der Waals surface area (Å²) in [6.07, 6.45) is 1.61. The van der Waals surface area contributed by atoms with Crippen LogP contribution in [-0.2, 0) is 19.2 Å². The zero-order valence-electron chi connectivity index (χ0n) is 16.2. The van der Waals surface area contributed by atoms with Crippen LogP contribution in [0, 0.1) is 0 Å². The van der Waals surface area contributed by atoms with Crippen LogP contribution in [0.3, 0.4) is 0 Å². The molecule has 0 N–H and O–H groups in total. The van der Waals surface area contributed by atoms with Gasteiger partial charge in [0.15, 0.2) is 0 Å². The number of rotatable bonds is 5. The van der Waals surface area contributed by atoms with Crippen LogP contribution < -0.4 is 0 Å². The van der Waals surface area contributed by atoms with Crippen molar-refractivity contribution in [3.05, 3.63) is 34.2 Å². The number of hydrogen-bond acceptors (Lipinski definition) is 3. The van der Waals surface area contributed by atoms with Crippen molar-refractivity contribution in [2.45, 2.75) is 68.3 Å². The second kappa shape index (κ2) is 7.49. The van der Waals surface area contributed by atoms with Crippen molar-refractivity contribution < 1.29 is 38.4 Å². The minimum absolute atomic E-state index is 0.0220. The zero-order valence-corrected chi connectivity index (χ0v) is 17.9. The van der Waals surface area contributed by atoms with Gasteiger partial charge < -0.3 is 0 Å². The molecule has 1 aromatic rings. The first-order valence-electron chi connectivity index (χ1n) is 8.74. The molecule has 0 amide bonds. The maximum Gasteiger partial charge on any atom is 0.523 e. The van der Waals surface area contributed by atoms with E-state index in [1.165, 1.54) is 6.07 Å². The number of fused-ring (bicyclic) bond motifs is 1. The molecule has 2 rings (SSSR count). The summed E-state index contributed by atoms with van der Waals surface area (Å²) < 4.78 is 110. The van der Waals surface area contributed by atoms with Crippen LogP contribution in [0.1, 0.15) is 58.1 Å². The van der Waals surface area contributed by atoms with Gasteiger partial charge in [-0.3, -0.25) is 0 Å². The summed E-state index contributed by atoms with van der Waals surface area (Å²) in [5.74, 6) is 0. The van der Waals surface area contributed by atoms with E-state index in [-0.39, 0.29) is 18.4 Å². The van der Waals surface area contributed by atoms with Crippen molar-refractivity contribution in [3.8, 4) is 0 Å². The average molecular weight is 464 g/mol. The van der Waals surface area contributed by atoms with Crippen LogP contribution in [0.4, 0.5) is 26.3 Å². The number of allylic oxidation sites excluding steroid dienone is 1. The highest BCUT2D eigenvalue weighted by Crippen LogP contribution is 2.79. The van der Waals surface area contributed by atoms with Crippen LogP contribution in [0.25, 0.3) is 6.08 Å². The SMILES string of the molecule is CCCCC1=Cc2ccc(C(C)(C)C)cc2S1(OS(=O)(=O)C(F)(F)F)C(F)(F)F. The van der Waals surface area contributed by atoms with E-state index in [0.29, 0.717) is 12.0 Å². The Labute approximate surface area is 167 Å². The van der Waals surface area contributed by atoms with Gasteiger partial charge in [-0.05, 0) is 41.5 Å². The van der Waals surface area contributed by atoms with Crippen molar-refractivity contribution in [2.24, 2.45) is 0 Å². The van der Waals surface area contributed by atoms with Gasteiger partial charge in [0.2, 0.25) is 0 Å². The third kappa shape index (κ3) is 4.32. The molecule has 11 heteroatoms. The average Bonchev–Trinajstić information content (AvgIpc) is 2.84. The molecule has 1 aromatic carbocycles. The molecular formula is C18H22F6O3S2. The van der Waals surface area contributed by atoms with Gasteiger partial charge >= 0.3 is 21.1 Å². The Morgan fingerprint density at radius 2 is 1.62 bits per heavy atom. The molecule has 0 aromatic heterocycles. The molecule has 1 heterocycles. The lowest BCUT2D eigenvalue weighted by Gasteiger charge is -2.39. The predicted octanol–water partition coefficient (Wildman–Crippen LogP) is 6.99. The molecule has 0 spiro atoms. The van der Waals surface area contributed by atoms with E-state index >= 15 is 0 Å². The van der Waals surface area contributed by atoms with E-state index < -0.39 is 46.7 Å². The molecule has 3 nitrogen and oxygen atoms in total. The largest absolute Gasteiger partial charge is 0.523 e. The number of benzene rings is 1. The first-order chi connectivity index (χ1) is 13.0. The second-order valence-corrected chi connectivity index (χ2v) is 12.1. The number of unbranched alkanes of at least 4 members (excludes halogenated alkanes) is 1. The Balaban J connectivity index is 2.83. The van der Waals surface area contributed by atoms with Gasteiger partial charge in [-0.2, -0.15) is 38.4 Å². The van der Waals surface area contributed by atoms with Crippen LogP contribution in [0.2, 0.25) is 0 Å². The molecule has 166 valence electrons. The highest BCUT2D eigenvalue weighted by molar-refractivity contribution is 8.37. The number of alkyl halides is 6. The summed E-state index contributed by atoms with van der Waals surface area (Å²) >= 11 is 0. The molecule has 0 bridgehead atoms. The minimum Gasteiger partial charge on any atom is -0.196 e. The Bertz CT molecular complexity index is 911. The van der Waals surface area contributed by atoms with Crippen molar-refractivity contribution in [3.63, 3.8) is 0 Å². The maximum absolute atomic E-state index is 14.4. The lowest BCUT2D eigenvalue weighted by Crippen LogP contribution is -2.32. The van der Waals surface area contributed by atoms with Crippen LogP contribution >= 0.6 is 10.3 Å². The molecule has 0 fully saturated rings. The minimum atomic E-state index is -6.50. The molecular weight excluding hydrogens is 442 g/mol. The monoisotopic (exact) mass is 464 g/mol. The predicted molar refractivity (Wildman–Crippen MR) is 101 cm³/mol. The lowest BCUT2D eigenvalue weighted by atomic mass is 9.86. The van der Waals surface area contributed by atoms with Gasteiger partial charge in [0.1, 0.15) is 0 Å². The summed E-state index contributed by atoms with van der Waals surface area (Å²) in [6.45, 7) is 6.89. The molecule has 29 heavy (non-hydrogen) atoms. The smallest absolute Gasteiger partial charge is 0.196 e. The third-order valence-corrected chi connectivity index (χ3v) is 9.24. The molecule has 1 aliphatic heterocycles. The Morgan fingerprint density at radius 3 is 2.07 bits per heavy atom. The topological polar surface area (TPSA) is 43.4 Å². The van der Waals surface area contributed by atoms with Gasteiger partial charge in [0.25, 0.3) is 0 Å². The fraction of sp³-hybridized carbons (Fsp3) is 0.556. The summed E-state index contributed by atoms with van der Waals surface area (Å²) in [4.78, 5) is -1.03. The van der Waals surface area contributed by atoms with Gasteiger partial charge in [0, 0.05) is 20.1 Å². The molecule has 1 atom stereocenters. The van der Waals surface area contributed by atoms with E-state index in [2.05, 4.69) is 3.63 Å². The van der Waals surface area contributed by atoms with Crippen LogP contribution in [0.15, 0.2) is 28.0 Å². The van der Waals surface area contributed by atoms with E-state index in [4.69, 9.17) is 0 Å². The summed E-state index contributed by atoms with van der Waals surface area (Å²) in [5.41, 5.74) is -11.5. The van der Waals surface area contributed by atoms with Gasteiger partial charge in [-0.25, -0.2) is 0 Å². The van der Waals surface area contributed by atoms with Crippen LogP contribution in [0.5, 0.6) is 0 Å². The van der Waals surface area contributed by atoms with Crippen molar-refractivity contribution >= 4 is 26.5 Å². The summed E-state index contributed by atoms with van der Waals surface area (Å²) in [5, 5.41) is 0. The van der Waals surface area contributed by atoms with Crippen molar-refractivity contribution in [2.75, 3.05) is 0 Å². The fourth-order valence-electron chi connectivity index (χ4n) is 2.90. The second-order valence-electron chi connectivity index (χ2n) is 7.69. The normalized spacial score (nSPS) is 22.8. The standard InChI is InChI=1S/C18H22F6O3S2/c1-5-6-7-14-10-12-8-9-13(16(2,3)4)11-15(12)28(14,17(19,20)21)27-29(25,26)18(22,23)24/h8-11H,5-7H2,1-4H3. The highest BCUT2D eigenvalue weighted by Gasteiger charge is 2.64. The third-order valence-electron chi connectivity index (χ3n) is 4.45. The molecule has 1 aliphatic rings. The first kappa shape index (κ1) is 24.1. The summed E-state index contributed by atoms with van der Waals surface area (Å²) in [6, 6.07) is 4.07. The van der Waals surface area contributed by atoms with Gasteiger partial charge in [0.05, 0.1) is 0 Å². The molecule has 1 unspecified atom stereocenters. The van der Waals surface area contributed by atoms with Gasteiger partial charge in [-0.15, -0.1) is 0 Å². The van der Waals surface area contributed by atoms with E-state index in [9.17, 15) is 34.8 Å². The van der Waals surface area contributed by atoms with Crippen molar-refractivity contribution in [1.82, 2.24) is 0 Å². The highest BCUT2D eigenvalue weighted by atomic mass is 32.3. The number of halogens is 6. The molecule has 0 aliphatic carbocycles. The van der Waals surface area contributed by atoms with Crippen molar-refractivity contribution in [1.29, 1.82) is 0 Å². The van der Waals surface area contributed by atoms with E-state index in [1.54, 1.807) is 33.8 Å². The Morgan fingerprint density at radius 1 is 1.03 bits per heavy atom. The quantitative estimate of drug-likeness (QED) is 0.348.